The van der Waals surface area contributed by atoms with Crippen molar-refractivity contribution in [3.8, 4) is 0 Å². The van der Waals surface area contributed by atoms with Crippen LogP contribution >= 0.6 is 12.4 Å². The number of para-hydroxylation sites is 1. The number of benzene rings is 2. The van der Waals surface area contributed by atoms with E-state index in [2.05, 4.69) is 20.6 Å². The summed E-state index contributed by atoms with van der Waals surface area (Å²) in [6, 6.07) is 18.7. The number of aromatic nitrogens is 2. The molecule has 1 amide bonds. The first kappa shape index (κ1) is 19.4. The Labute approximate surface area is 158 Å². The average Bonchev–Trinajstić information content (AvgIpc) is 2.67. The van der Waals surface area contributed by atoms with Crippen LogP contribution in [0.1, 0.15) is 21.6 Å². The maximum absolute atomic E-state index is 12.4. The number of amides is 1. The molecule has 1 aromatic heterocycles. The van der Waals surface area contributed by atoms with Gasteiger partial charge < -0.3 is 16.4 Å². The molecule has 7 heteroatoms. The fourth-order valence-corrected chi connectivity index (χ4v) is 2.35. The minimum Gasteiger partial charge on any atom is -0.366 e. The molecule has 3 rings (SSSR count). The number of nitrogens with one attached hydrogen (secondary N) is 2. The summed E-state index contributed by atoms with van der Waals surface area (Å²) in [5.74, 6) is 0.565. The second kappa shape index (κ2) is 9.50. The van der Waals surface area contributed by atoms with Gasteiger partial charge in [-0.05, 0) is 29.8 Å². The molecule has 26 heavy (non-hydrogen) atoms. The van der Waals surface area contributed by atoms with Gasteiger partial charge in [0.05, 0.1) is 5.69 Å². The van der Waals surface area contributed by atoms with E-state index in [0.717, 1.165) is 16.9 Å². The fraction of sp³-hybridized carbons (Fsp3) is 0.105. The summed E-state index contributed by atoms with van der Waals surface area (Å²) in [6.45, 7) is 0.916. The molecule has 1 heterocycles. The molecule has 0 fully saturated rings. The molecule has 2 aromatic carbocycles. The number of hydrogen-bond acceptors (Lipinski definition) is 5. The Balaban J connectivity index is 0.00000243. The molecule has 0 aliphatic rings. The number of nitrogens with two attached hydrogens (primary N) is 1. The third-order valence-electron chi connectivity index (χ3n) is 3.63. The summed E-state index contributed by atoms with van der Waals surface area (Å²) in [4.78, 5) is 20.6. The summed E-state index contributed by atoms with van der Waals surface area (Å²) < 4.78 is 0. The van der Waals surface area contributed by atoms with Crippen LogP contribution < -0.4 is 16.4 Å². The van der Waals surface area contributed by atoms with Crippen molar-refractivity contribution < 1.29 is 4.79 Å². The molecular weight excluding hydrogens is 350 g/mol. The first-order valence-electron chi connectivity index (χ1n) is 7.95. The zero-order chi connectivity index (χ0) is 17.5. The van der Waals surface area contributed by atoms with Crippen LogP contribution in [0.3, 0.4) is 0 Å². The fourth-order valence-electron chi connectivity index (χ4n) is 2.35. The molecule has 4 N–H and O–H groups in total. The van der Waals surface area contributed by atoms with E-state index in [1.54, 1.807) is 6.07 Å². The molecule has 6 nitrogen and oxygen atoms in total. The van der Waals surface area contributed by atoms with Gasteiger partial charge in [0.1, 0.15) is 12.1 Å². The zero-order valence-electron chi connectivity index (χ0n) is 14.1. The molecule has 0 saturated heterocycles. The smallest absolute Gasteiger partial charge is 0.255 e. The van der Waals surface area contributed by atoms with Crippen molar-refractivity contribution >= 4 is 29.8 Å². The molecule has 134 valence electrons. The van der Waals surface area contributed by atoms with E-state index in [-0.39, 0.29) is 18.3 Å². The number of anilines is 2. The van der Waals surface area contributed by atoms with Crippen molar-refractivity contribution in [2.24, 2.45) is 5.73 Å². The second-order valence-electron chi connectivity index (χ2n) is 5.47. The minimum atomic E-state index is -0.138. The van der Waals surface area contributed by atoms with Crippen LogP contribution in [0, 0.1) is 0 Å². The maximum Gasteiger partial charge on any atom is 0.255 e. The van der Waals surface area contributed by atoms with Gasteiger partial charge in [-0.25, -0.2) is 9.97 Å². The van der Waals surface area contributed by atoms with Crippen LogP contribution in [0.4, 0.5) is 11.5 Å². The topological polar surface area (TPSA) is 92.9 Å². The Kier molecular flexibility index (Phi) is 7.08. The molecule has 0 saturated carbocycles. The van der Waals surface area contributed by atoms with Gasteiger partial charge in [-0.2, -0.15) is 0 Å². The third-order valence-corrected chi connectivity index (χ3v) is 3.63. The summed E-state index contributed by atoms with van der Waals surface area (Å²) in [7, 11) is 0. The van der Waals surface area contributed by atoms with E-state index in [1.165, 1.54) is 6.33 Å². The molecule has 0 spiro atoms. The van der Waals surface area contributed by atoms with Gasteiger partial charge in [0.15, 0.2) is 0 Å². The van der Waals surface area contributed by atoms with E-state index in [0.29, 0.717) is 24.5 Å². The van der Waals surface area contributed by atoms with Crippen molar-refractivity contribution in [1.29, 1.82) is 0 Å². The SMILES string of the molecule is Cl.NCc1cc(NCc2cccc(C(=O)Nc3ccccc3)c2)ncn1. The normalized spacial score (nSPS) is 9.88. The molecule has 0 unspecified atom stereocenters. The van der Waals surface area contributed by atoms with E-state index in [1.807, 2.05) is 54.6 Å². The monoisotopic (exact) mass is 369 g/mol. The molecule has 3 aromatic rings. The van der Waals surface area contributed by atoms with Gasteiger partial charge >= 0.3 is 0 Å². The molecule has 0 radical (unpaired) electrons. The lowest BCUT2D eigenvalue weighted by molar-refractivity contribution is 0.102. The highest BCUT2D eigenvalue weighted by Gasteiger charge is 2.07. The van der Waals surface area contributed by atoms with E-state index in [4.69, 9.17) is 5.73 Å². The van der Waals surface area contributed by atoms with Crippen molar-refractivity contribution in [2.45, 2.75) is 13.1 Å². The quantitative estimate of drug-likeness (QED) is 0.620. The van der Waals surface area contributed by atoms with Gasteiger partial charge in [0.2, 0.25) is 0 Å². The lowest BCUT2D eigenvalue weighted by atomic mass is 10.1. The van der Waals surface area contributed by atoms with Crippen molar-refractivity contribution in [3.05, 3.63) is 83.8 Å². The predicted molar refractivity (Wildman–Crippen MR) is 105 cm³/mol. The van der Waals surface area contributed by atoms with Gasteiger partial charge in [-0.1, -0.05) is 30.3 Å². The number of carbonyl (C=O) groups excluding carboxylic acids is 1. The van der Waals surface area contributed by atoms with E-state index in [9.17, 15) is 4.79 Å². The van der Waals surface area contributed by atoms with Crippen LogP contribution in [0.5, 0.6) is 0 Å². The van der Waals surface area contributed by atoms with Crippen LogP contribution in [0.15, 0.2) is 67.0 Å². The summed E-state index contributed by atoms with van der Waals surface area (Å²) in [5, 5.41) is 6.09. The Hall–Kier alpha value is -2.96. The van der Waals surface area contributed by atoms with E-state index >= 15 is 0 Å². The Bertz CT molecular complexity index is 857. The molecule has 0 atom stereocenters. The standard InChI is InChI=1S/C19H19N5O.ClH/c20-11-17-10-18(23-13-22-17)21-12-14-5-4-6-15(9-14)19(25)24-16-7-2-1-3-8-16;/h1-10,13H,11-12,20H2,(H,24,25)(H,21,22,23);1H. The molecule has 0 bridgehead atoms. The summed E-state index contributed by atoms with van der Waals surface area (Å²) in [6.07, 6.45) is 1.48. The first-order chi connectivity index (χ1) is 12.2. The van der Waals surface area contributed by atoms with E-state index < -0.39 is 0 Å². The summed E-state index contributed by atoms with van der Waals surface area (Å²) >= 11 is 0. The second-order valence-corrected chi connectivity index (χ2v) is 5.47. The zero-order valence-corrected chi connectivity index (χ0v) is 14.9. The third kappa shape index (κ3) is 5.27. The lowest BCUT2D eigenvalue weighted by Gasteiger charge is -2.09. The largest absolute Gasteiger partial charge is 0.366 e. The van der Waals surface area contributed by atoms with Crippen molar-refractivity contribution in [2.75, 3.05) is 10.6 Å². The highest BCUT2D eigenvalue weighted by Crippen LogP contribution is 2.12. The average molecular weight is 370 g/mol. The van der Waals surface area contributed by atoms with Gasteiger partial charge in [-0.15, -0.1) is 12.4 Å². The van der Waals surface area contributed by atoms with Crippen molar-refractivity contribution in [3.63, 3.8) is 0 Å². The number of rotatable bonds is 6. The number of nitrogens with zero attached hydrogens (tertiary/aromatic N) is 2. The van der Waals surface area contributed by atoms with Crippen LogP contribution in [0.25, 0.3) is 0 Å². The summed E-state index contributed by atoms with van der Waals surface area (Å²) in [5.41, 5.74) is 8.71. The first-order valence-corrected chi connectivity index (χ1v) is 7.95. The minimum absolute atomic E-state index is 0. The van der Waals surface area contributed by atoms with Gasteiger partial charge in [-0.3, -0.25) is 4.79 Å². The number of halogens is 1. The number of carbonyl (C=O) groups is 1. The highest BCUT2D eigenvalue weighted by molar-refractivity contribution is 6.04. The van der Waals surface area contributed by atoms with Crippen molar-refractivity contribution in [1.82, 2.24) is 9.97 Å². The molecule has 0 aliphatic heterocycles. The Morgan fingerprint density at radius 3 is 2.58 bits per heavy atom. The van der Waals surface area contributed by atoms with Crippen LogP contribution in [0.2, 0.25) is 0 Å². The molecular formula is C19H20ClN5O. The highest BCUT2D eigenvalue weighted by atomic mass is 35.5. The Morgan fingerprint density at radius 2 is 1.81 bits per heavy atom. The van der Waals surface area contributed by atoms with Gasteiger partial charge in [0, 0.05) is 30.4 Å². The van der Waals surface area contributed by atoms with Crippen LogP contribution in [-0.2, 0) is 13.1 Å². The predicted octanol–water partition coefficient (Wildman–Crippen LogP) is 3.22. The van der Waals surface area contributed by atoms with Crippen LogP contribution in [-0.4, -0.2) is 15.9 Å². The van der Waals surface area contributed by atoms with Gasteiger partial charge in [0.25, 0.3) is 5.91 Å². The Morgan fingerprint density at radius 1 is 1.00 bits per heavy atom. The lowest BCUT2D eigenvalue weighted by Crippen LogP contribution is -2.12. The molecule has 0 aliphatic carbocycles. The number of hydrogen-bond donors (Lipinski definition) is 3. The maximum atomic E-state index is 12.4.